The van der Waals surface area contributed by atoms with E-state index in [2.05, 4.69) is 10.2 Å². The second kappa shape index (κ2) is 11.1. The maximum absolute atomic E-state index is 13.5. The highest BCUT2D eigenvalue weighted by Crippen LogP contribution is 2.41. The summed E-state index contributed by atoms with van der Waals surface area (Å²) in [7, 11) is 0. The van der Waals surface area contributed by atoms with Crippen LogP contribution in [0.25, 0.3) is 0 Å². The molecule has 214 valence electrons. The van der Waals surface area contributed by atoms with Gasteiger partial charge >= 0.3 is 12.4 Å². The van der Waals surface area contributed by atoms with Crippen molar-refractivity contribution in [2.75, 3.05) is 13.1 Å². The van der Waals surface area contributed by atoms with Crippen molar-refractivity contribution in [3.05, 3.63) is 70.8 Å². The van der Waals surface area contributed by atoms with Crippen LogP contribution in [0, 0.1) is 5.92 Å². The van der Waals surface area contributed by atoms with E-state index in [1.54, 1.807) is 0 Å². The maximum Gasteiger partial charge on any atom is 0.416 e. The molecule has 1 amide bonds. The first-order valence-electron chi connectivity index (χ1n) is 13.3. The number of carbonyl (C=O) groups is 1. The lowest BCUT2D eigenvalue weighted by Crippen LogP contribution is -2.54. The topological polar surface area (TPSA) is 52.6 Å². The number of likely N-dealkylation sites (tertiary alicyclic amines) is 1. The molecule has 2 fully saturated rings. The van der Waals surface area contributed by atoms with Crippen molar-refractivity contribution in [2.45, 2.75) is 81.9 Å². The van der Waals surface area contributed by atoms with Crippen molar-refractivity contribution < 1.29 is 36.2 Å². The molecule has 2 aromatic rings. The highest BCUT2D eigenvalue weighted by atomic mass is 19.4. The van der Waals surface area contributed by atoms with Crippen LogP contribution in [-0.2, 0) is 22.7 Å². The highest BCUT2D eigenvalue weighted by Gasteiger charge is 2.42. The van der Waals surface area contributed by atoms with E-state index >= 15 is 0 Å². The number of hydrogen-bond acceptors (Lipinski definition) is 3. The van der Waals surface area contributed by atoms with Gasteiger partial charge in [-0.3, -0.25) is 9.69 Å². The molecular formula is C29H34F6N2O2. The zero-order valence-electron chi connectivity index (χ0n) is 21.9. The standard InChI is InChI=1S/C29H34F6N2O2/c1-18-10-13-37(17-25(18)38)24-8-11-27(12-9-24,21-6-4-3-5-7-21)36-26(39)19(2)20-14-22(28(30,31)32)16-23(15-20)29(33,34)35/h3-7,14-16,18-19,24-25,38H,8-13,17H2,1-2H3,(H,36,39). The van der Waals surface area contributed by atoms with Gasteiger partial charge in [0.25, 0.3) is 0 Å². The lowest BCUT2D eigenvalue weighted by atomic mass is 9.73. The van der Waals surface area contributed by atoms with Crippen molar-refractivity contribution in [3.8, 4) is 0 Å². The van der Waals surface area contributed by atoms with E-state index in [1.165, 1.54) is 6.92 Å². The number of alkyl halides is 6. The number of nitrogens with one attached hydrogen (secondary N) is 1. The molecular weight excluding hydrogens is 522 g/mol. The van der Waals surface area contributed by atoms with Crippen molar-refractivity contribution in [1.82, 2.24) is 10.2 Å². The van der Waals surface area contributed by atoms with Crippen molar-refractivity contribution in [2.24, 2.45) is 5.92 Å². The molecule has 10 heteroatoms. The molecule has 2 N–H and O–H groups in total. The molecule has 39 heavy (non-hydrogen) atoms. The van der Waals surface area contributed by atoms with Gasteiger partial charge in [-0.1, -0.05) is 37.3 Å². The molecule has 3 unspecified atom stereocenters. The summed E-state index contributed by atoms with van der Waals surface area (Å²) in [6, 6.07) is 10.8. The van der Waals surface area contributed by atoms with E-state index in [0.29, 0.717) is 31.5 Å². The van der Waals surface area contributed by atoms with E-state index < -0.39 is 46.9 Å². The van der Waals surface area contributed by atoms with Crippen LogP contribution in [0.4, 0.5) is 26.3 Å². The monoisotopic (exact) mass is 556 g/mol. The first kappa shape index (κ1) is 29.4. The summed E-state index contributed by atoms with van der Waals surface area (Å²) in [5.74, 6) is -1.64. The van der Waals surface area contributed by atoms with Gasteiger partial charge < -0.3 is 10.4 Å². The van der Waals surface area contributed by atoms with Gasteiger partial charge in [-0.05, 0) is 80.8 Å². The predicted octanol–water partition coefficient (Wildman–Crippen LogP) is 6.48. The van der Waals surface area contributed by atoms with Crippen LogP contribution in [0.15, 0.2) is 48.5 Å². The van der Waals surface area contributed by atoms with Crippen LogP contribution in [0.1, 0.15) is 74.1 Å². The predicted molar refractivity (Wildman–Crippen MR) is 135 cm³/mol. The molecule has 4 rings (SSSR count). The Balaban J connectivity index is 1.58. The average Bonchev–Trinajstić information content (AvgIpc) is 2.89. The SMILES string of the molecule is CC(C(=O)NC1(c2ccccc2)CCC(N2CCC(C)C(O)C2)CC1)c1cc(C(F)(F)F)cc(C(F)(F)F)c1. The molecule has 0 bridgehead atoms. The summed E-state index contributed by atoms with van der Waals surface area (Å²) in [5, 5.41) is 13.4. The van der Waals surface area contributed by atoms with Crippen LogP contribution in [-0.4, -0.2) is 41.1 Å². The molecule has 2 aromatic carbocycles. The number of piperidine rings is 1. The van der Waals surface area contributed by atoms with Gasteiger partial charge in [0.1, 0.15) is 0 Å². The van der Waals surface area contributed by atoms with E-state index in [1.807, 2.05) is 37.3 Å². The van der Waals surface area contributed by atoms with Gasteiger partial charge in [0.15, 0.2) is 0 Å². The lowest BCUT2D eigenvalue weighted by molar-refractivity contribution is -0.143. The molecule has 1 heterocycles. The third-order valence-electron chi connectivity index (χ3n) is 8.47. The fraction of sp³-hybridized carbons (Fsp3) is 0.552. The zero-order valence-corrected chi connectivity index (χ0v) is 21.9. The molecule has 2 aliphatic rings. The molecule has 1 aliphatic carbocycles. The number of aliphatic hydroxyl groups is 1. The van der Waals surface area contributed by atoms with Crippen LogP contribution in [0.5, 0.6) is 0 Å². The normalized spacial score (nSPS) is 27.7. The molecule has 1 saturated carbocycles. The van der Waals surface area contributed by atoms with Crippen molar-refractivity contribution >= 4 is 5.91 Å². The number of halogens is 6. The Morgan fingerprint density at radius 1 is 0.974 bits per heavy atom. The Labute approximate surface area is 224 Å². The fourth-order valence-electron chi connectivity index (χ4n) is 5.83. The lowest BCUT2D eigenvalue weighted by Gasteiger charge is -2.47. The number of amides is 1. The van der Waals surface area contributed by atoms with Gasteiger partial charge in [0.2, 0.25) is 5.91 Å². The summed E-state index contributed by atoms with van der Waals surface area (Å²) in [5.41, 5.74) is -3.19. The first-order valence-corrected chi connectivity index (χ1v) is 13.3. The zero-order chi connectivity index (χ0) is 28.6. The quantitative estimate of drug-likeness (QED) is 0.415. The summed E-state index contributed by atoms with van der Waals surface area (Å²) >= 11 is 0. The molecule has 0 spiro atoms. The molecule has 0 aromatic heterocycles. The van der Waals surface area contributed by atoms with Gasteiger partial charge in [0.05, 0.1) is 28.7 Å². The van der Waals surface area contributed by atoms with Gasteiger partial charge in [-0.25, -0.2) is 0 Å². The summed E-state index contributed by atoms with van der Waals surface area (Å²) in [6.45, 7) is 4.82. The molecule has 4 nitrogen and oxygen atoms in total. The van der Waals surface area contributed by atoms with E-state index in [9.17, 15) is 36.2 Å². The Bertz CT molecular complexity index is 1110. The molecule has 1 aliphatic heterocycles. The van der Waals surface area contributed by atoms with E-state index in [0.717, 1.165) is 31.4 Å². The van der Waals surface area contributed by atoms with Crippen molar-refractivity contribution in [3.63, 3.8) is 0 Å². The Morgan fingerprint density at radius 3 is 2.05 bits per heavy atom. The van der Waals surface area contributed by atoms with Crippen LogP contribution < -0.4 is 5.32 Å². The molecule has 0 radical (unpaired) electrons. The smallest absolute Gasteiger partial charge is 0.392 e. The van der Waals surface area contributed by atoms with Gasteiger partial charge in [-0.15, -0.1) is 0 Å². The Hall–Kier alpha value is -2.59. The largest absolute Gasteiger partial charge is 0.416 e. The fourth-order valence-corrected chi connectivity index (χ4v) is 5.83. The summed E-state index contributed by atoms with van der Waals surface area (Å²) in [4.78, 5) is 15.7. The number of β-amino-alcohol motifs (C(OH)–C–C–N with tert-alkyl or cyclic N) is 1. The number of rotatable bonds is 5. The maximum atomic E-state index is 13.5. The number of hydrogen-bond donors (Lipinski definition) is 2. The average molecular weight is 557 g/mol. The highest BCUT2D eigenvalue weighted by molar-refractivity contribution is 5.84. The van der Waals surface area contributed by atoms with Crippen molar-refractivity contribution in [1.29, 1.82) is 0 Å². The van der Waals surface area contributed by atoms with Crippen LogP contribution in [0.3, 0.4) is 0 Å². The summed E-state index contributed by atoms with van der Waals surface area (Å²) < 4.78 is 80.4. The second-order valence-corrected chi connectivity index (χ2v) is 11.1. The second-order valence-electron chi connectivity index (χ2n) is 11.1. The number of nitrogens with zero attached hydrogens (tertiary/aromatic N) is 1. The minimum absolute atomic E-state index is 0.0686. The van der Waals surface area contributed by atoms with E-state index in [4.69, 9.17) is 0 Å². The van der Waals surface area contributed by atoms with Crippen LogP contribution >= 0.6 is 0 Å². The Morgan fingerprint density at radius 2 is 1.54 bits per heavy atom. The molecule has 3 atom stereocenters. The minimum atomic E-state index is -4.99. The third kappa shape index (κ3) is 6.60. The summed E-state index contributed by atoms with van der Waals surface area (Å²) in [6.07, 6.45) is -6.91. The van der Waals surface area contributed by atoms with E-state index in [-0.39, 0.29) is 23.6 Å². The number of aliphatic hydroxyl groups excluding tert-OH is 1. The minimum Gasteiger partial charge on any atom is -0.392 e. The number of carbonyl (C=O) groups excluding carboxylic acids is 1. The van der Waals surface area contributed by atoms with Gasteiger partial charge in [-0.2, -0.15) is 26.3 Å². The Kier molecular flexibility index (Phi) is 8.38. The molecule has 1 saturated heterocycles. The third-order valence-corrected chi connectivity index (χ3v) is 8.47. The first-order chi connectivity index (χ1) is 18.2. The van der Waals surface area contributed by atoms with Crippen LogP contribution in [0.2, 0.25) is 0 Å². The van der Waals surface area contributed by atoms with Gasteiger partial charge in [0, 0.05) is 12.6 Å². The number of benzene rings is 2.